The highest BCUT2D eigenvalue weighted by molar-refractivity contribution is 5.93. The van der Waals surface area contributed by atoms with Crippen LogP contribution in [0, 0.1) is 5.92 Å². The number of ether oxygens (including phenoxy) is 1. The van der Waals surface area contributed by atoms with Crippen molar-refractivity contribution in [3.8, 4) is 11.1 Å². The van der Waals surface area contributed by atoms with Crippen molar-refractivity contribution in [1.82, 2.24) is 10.2 Å². The highest BCUT2D eigenvalue weighted by atomic mass is 16.5. The van der Waals surface area contributed by atoms with E-state index >= 15 is 0 Å². The summed E-state index contributed by atoms with van der Waals surface area (Å²) in [5.41, 5.74) is 3.68. The van der Waals surface area contributed by atoms with Crippen LogP contribution in [-0.4, -0.2) is 52.7 Å². The van der Waals surface area contributed by atoms with E-state index < -0.39 is 23.5 Å². The zero-order valence-electron chi connectivity index (χ0n) is 18.6. The van der Waals surface area contributed by atoms with E-state index in [9.17, 15) is 19.5 Å². The zero-order chi connectivity index (χ0) is 23.2. The van der Waals surface area contributed by atoms with E-state index in [0.29, 0.717) is 32.2 Å². The van der Waals surface area contributed by atoms with Gasteiger partial charge in [0.1, 0.15) is 12.1 Å². The number of benzene rings is 2. The third kappa shape index (κ3) is 3.86. The molecule has 5 rings (SSSR count). The average Bonchev–Trinajstić information content (AvgIpc) is 3.52. The maximum Gasteiger partial charge on any atom is 0.408 e. The fraction of sp³-hybridized carbons (Fsp3) is 0.423. The summed E-state index contributed by atoms with van der Waals surface area (Å²) in [4.78, 5) is 38.9. The van der Waals surface area contributed by atoms with Crippen LogP contribution in [0.15, 0.2) is 48.5 Å². The second-order valence-electron chi connectivity index (χ2n) is 9.44. The Morgan fingerprint density at radius 2 is 1.67 bits per heavy atom. The molecular weight excluding hydrogens is 420 g/mol. The van der Waals surface area contributed by atoms with Gasteiger partial charge in [-0.1, -0.05) is 48.5 Å². The average molecular weight is 449 g/mol. The van der Waals surface area contributed by atoms with Crippen LogP contribution in [-0.2, 0) is 14.3 Å². The Balaban J connectivity index is 1.22. The molecule has 0 radical (unpaired) electrons. The molecule has 7 nitrogen and oxygen atoms in total. The number of hydrogen-bond acceptors (Lipinski definition) is 4. The number of aliphatic carboxylic acids is 1. The summed E-state index contributed by atoms with van der Waals surface area (Å²) in [5.74, 6) is -1.41. The first-order valence-corrected chi connectivity index (χ1v) is 11.6. The maximum absolute atomic E-state index is 13.2. The first-order chi connectivity index (χ1) is 15.9. The molecule has 2 amide bonds. The minimum absolute atomic E-state index is 0.0379. The Morgan fingerprint density at radius 3 is 2.21 bits per heavy atom. The van der Waals surface area contributed by atoms with E-state index in [1.165, 1.54) is 0 Å². The fourth-order valence-electron chi connectivity index (χ4n) is 5.32. The van der Waals surface area contributed by atoms with E-state index in [1.807, 2.05) is 31.2 Å². The number of alkyl carbamates (subject to hydrolysis) is 1. The van der Waals surface area contributed by atoms with E-state index in [1.54, 1.807) is 4.90 Å². The van der Waals surface area contributed by atoms with Crippen LogP contribution in [0.5, 0.6) is 0 Å². The molecule has 0 bridgehead atoms. The Kier molecular flexibility index (Phi) is 5.35. The quantitative estimate of drug-likeness (QED) is 0.726. The van der Waals surface area contributed by atoms with E-state index in [2.05, 4.69) is 29.6 Å². The van der Waals surface area contributed by atoms with Gasteiger partial charge in [-0.25, -0.2) is 4.79 Å². The minimum atomic E-state index is -0.924. The van der Waals surface area contributed by atoms with Crippen LogP contribution in [0.1, 0.15) is 49.7 Å². The Labute approximate surface area is 192 Å². The van der Waals surface area contributed by atoms with Gasteiger partial charge in [0.15, 0.2) is 0 Å². The summed E-state index contributed by atoms with van der Waals surface area (Å²) in [6, 6.07) is 16.1. The Bertz CT molecular complexity index is 1060. The number of carboxylic acids is 1. The molecule has 172 valence electrons. The third-order valence-electron chi connectivity index (χ3n) is 7.33. The normalized spacial score (nSPS) is 22.8. The van der Waals surface area contributed by atoms with Gasteiger partial charge in [0.25, 0.3) is 0 Å². The number of carbonyl (C=O) groups is 3. The molecule has 2 N–H and O–H groups in total. The van der Waals surface area contributed by atoms with Crippen molar-refractivity contribution >= 4 is 18.0 Å². The lowest BCUT2D eigenvalue weighted by Gasteiger charge is -2.38. The molecule has 1 saturated carbocycles. The lowest BCUT2D eigenvalue weighted by atomic mass is 9.91. The van der Waals surface area contributed by atoms with Crippen molar-refractivity contribution in [1.29, 1.82) is 0 Å². The third-order valence-corrected chi connectivity index (χ3v) is 7.33. The summed E-state index contributed by atoms with van der Waals surface area (Å²) in [5, 5.41) is 12.1. The van der Waals surface area contributed by atoms with Gasteiger partial charge in [-0.15, -0.1) is 0 Å². The van der Waals surface area contributed by atoms with E-state index in [4.69, 9.17) is 4.74 Å². The molecule has 3 aliphatic rings. The highest BCUT2D eigenvalue weighted by Gasteiger charge is 2.54. The van der Waals surface area contributed by atoms with Gasteiger partial charge in [-0.05, 0) is 54.9 Å². The molecule has 2 aromatic carbocycles. The molecule has 0 unspecified atom stereocenters. The Morgan fingerprint density at radius 1 is 1.06 bits per heavy atom. The summed E-state index contributed by atoms with van der Waals surface area (Å²) in [6.45, 7) is 2.46. The summed E-state index contributed by atoms with van der Waals surface area (Å²) < 4.78 is 5.63. The van der Waals surface area contributed by atoms with Gasteiger partial charge in [-0.2, -0.15) is 0 Å². The zero-order valence-corrected chi connectivity index (χ0v) is 18.6. The van der Waals surface area contributed by atoms with Crippen LogP contribution < -0.4 is 5.32 Å². The number of nitrogens with one attached hydrogen (secondary N) is 1. The van der Waals surface area contributed by atoms with Crippen molar-refractivity contribution in [2.75, 3.05) is 13.2 Å². The van der Waals surface area contributed by atoms with Crippen molar-refractivity contribution in [3.05, 3.63) is 59.7 Å². The smallest absolute Gasteiger partial charge is 0.408 e. The monoisotopic (exact) mass is 448 g/mol. The van der Waals surface area contributed by atoms with E-state index in [0.717, 1.165) is 22.3 Å². The number of amides is 2. The van der Waals surface area contributed by atoms with E-state index in [-0.39, 0.29) is 24.5 Å². The van der Waals surface area contributed by atoms with Gasteiger partial charge >= 0.3 is 12.1 Å². The molecule has 7 heteroatoms. The van der Waals surface area contributed by atoms with Crippen molar-refractivity contribution in [2.24, 2.45) is 5.92 Å². The first-order valence-electron chi connectivity index (χ1n) is 11.6. The predicted molar refractivity (Wildman–Crippen MR) is 122 cm³/mol. The van der Waals surface area contributed by atoms with Gasteiger partial charge in [0.2, 0.25) is 5.91 Å². The number of hydrogen-bond donors (Lipinski definition) is 2. The molecule has 0 spiro atoms. The molecular formula is C26H28N2O5. The van der Waals surface area contributed by atoms with Gasteiger partial charge in [0, 0.05) is 18.5 Å². The van der Waals surface area contributed by atoms with Crippen LogP contribution in [0.4, 0.5) is 4.79 Å². The molecule has 33 heavy (non-hydrogen) atoms. The maximum atomic E-state index is 13.2. The van der Waals surface area contributed by atoms with Crippen molar-refractivity contribution in [2.45, 2.75) is 50.1 Å². The number of carboxylic acid groups (broad SMARTS) is 1. The molecule has 2 aromatic rings. The second kappa shape index (κ2) is 8.21. The number of nitrogens with zero attached hydrogens (tertiary/aromatic N) is 1. The van der Waals surface area contributed by atoms with Crippen molar-refractivity contribution in [3.63, 3.8) is 0 Å². The number of likely N-dealkylation sites (tertiary alicyclic amines) is 1. The number of fused-ring (bicyclic) bond motifs is 3. The van der Waals surface area contributed by atoms with Crippen LogP contribution in [0.3, 0.4) is 0 Å². The molecule has 2 aliphatic carbocycles. The molecule has 1 saturated heterocycles. The fourth-order valence-corrected chi connectivity index (χ4v) is 5.32. The number of piperidine rings is 1. The Hall–Kier alpha value is -3.35. The first kappa shape index (κ1) is 21.5. The summed E-state index contributed by atoms with van der Waals surface area (Å²) >= 11 is 0. The van der Waals surface area contributed by atoms with Crippen LogP contribution >= 0.6 is 0 Å². The molecule has 2 fully saturated rings. The highest BCUT2D eigenvalue weighted by Crippen LogP contribution is 2.45. The van der Waals surface area contributed by atoms with Gasteiger partial charge in [0.05, 0.1) is 5.92 Å². The lowest BCUT2D eigenvalue weighted by Crippen LogP contribution is -2.55. The molecule has 1 aliphatic heterocycles. The SMILES string of the molecule is C[C@@H]1C[C@H](C(=O)O)CCN1C(=O)C1(NC(=O)OCC2c3ccccc3-c3ccccc32)CC1. The largest absolute Gasteiger partial charge is 0.481 e. The van der Waals surface area contributed by atoms with Crippen LogP contribution in [0.25, 0.3) is 11.1 Å². The molecule has 2 atom stereocenters. The predicted octanol–water partition coefficient (Wildman–Crippen LogP) is 3.77. The summed E-state index contributed by atoms with van der Waals surface area (Å²) in [6.07, 6.45) is 1.42. The lowest BCUT2D eigenvalue weighted by molar-refractivity contribution is -0.148. The topological polar surface area (TPSA) is 95.9 Å². The van der Waals surface area contributed by atoms with Gasteiger partial charge in [-0.3, -0.25) is 9.59 Å². The van der Waals surface area contributed by atoms with Crippen molar-refractivity contribution < 1.29 is 24.2 Å². The van der Waals surface area contributed by atoms with Crippen LogP contribution in [0.2, 0.25) is 0 Å². The molecule has 1 heterocycles. The number of carbonyl (C=O) groups excluding carboxylic acids is 2. The standard InChI is InChI=1S/C26H28N2O5/c1-16-14-17(23(29)30)10-13-28(16)24(31)26(11-12-26)27-25(32)33-15-22-20-8-4-2-6-18(20)19-7-3-5-9-21(19)22/h2-9,16-17,22H,10-15H2,1H3,(H,27,32)(H,29,30)/t16-,17-/m1/s1. The minimum Gasteiger partial charge on any atom is -0.481 e. The number of rotatable bonds is 5. The summed E-state index contributed by atoms with van der Waals surface area (Å²) in [7, 11) is 0. The molecule has 0 aromatic heterocycles. The van der Waals surface area contributed by atoms with Gasteiger partial charge < -0.3 is 20.1 Å². The second-order valence-corrected chi connectivity index (χ2v) is 9.44.